The summed E-state index contributed by atoms with van der Waals surface area (Å²) in [5, 5.41) is 4.54. The van der Waals surface area contributed by atoms with Gasteiger partial charge in [0.15, 0.2) is 0 Å². The van der Waals surface area contributed by atoms with E-state index in [1.165, 1.54) is 0 Å². The van der Waals surface area contributed by atoms with E-state index in [1.54, 1.807) is 6.20 Å². The van der Waals surface area contributed by atoms with Crippen molar-refractivity contribution in [1.29, 1.82) is 0 Å². The van der Waals surface area contributed by atoms with Crippen molar-refractivity contribution >= 4 is 11.4 Å². The monoisotopic (exact) mass is 273 g/mol. The molecule has 3 rings (SSSR count). The maximum atomic E-state index is 4.54. The molecule has 0 saturated carbocycles. The van der Waals surface area contributed by atoms with Crippen LogP contribution in [-0.2, 0) is 0 Å². The molecule has 1 N–H and O–H groups in total. The fourth-order valence-corrected chi connectivity index (χ4v) is 2.00. The van der Waals surface area contributed by atoms with Crippen molar-refractivity contribution in [3.05, 3.63) is 96.3 Å². The highest BCUT2D eigenvalue weighted by molar-refractivity contribution is 6.11. The van der Waals surface area contributed by atoms with Crippen molar-refractivity contribution in [2.45, 2.75) is 0 Å². The number of hydrogen-bond acceptors (Lipinski definition) is 3. The third-order valence-corrected chi connectivity index (χ3v) is 3.03. The van der Waals surface area contributed by atoms with Gasteiger partial charge in [-0.1, -0.05) is 54.6 Å². The van der Waals surface area contributed by atoms with E-state index in [4.69, 9.17) is 0 Å². The van der Waals surface area contributed by atoms with Gasteiger partial charge in [-0.15, -0.1) is 0 Å². The highest BCUT2D eigenvalue weighted by Crippen LogP contribution is 2.11. The highest BCUT2D eigenvalue weighted by Gasteiger charge is 2.07. The van der Waals surface area contributed by atoms with E-state index in [0.29, 0.717) is 0 Å². The smallest absolute Gasteiger partial charge is 0.116 e. The van der Waals surface area contributed by atoms with E-state index < -0.39 is 0 Å². The first-order valence-corrected chi connectivity index (χ1v) is 6.79. The molecule has 0 bridgehead atoms. The molecule has 0 aliphatic carbocycles. The van der Waals surface area contributed by atoms with Crippen molar-refractivity contribution in [1.82, 2.24) is 4.98 Å². The van der Waals surface area contributed by atoms with E-state index in [-0.39, 0.29) is 0 Å². The molecule has 2 aromatic carbocycles. The van der Waals surface area contributed by atoms with Crippen LogP contribution >= 0.6 is 0 Å². The van der Waals surface area contributed by atoms with Crippen LogP contribution in [0, 0.1) is 0 Å². The zero-order chi connectivity index (χ0) is 14.3. The van der Waals surface area contributed by atoms with Gasteiger partial charge >= 0.3 is 0 Å². The summed E-state index contributed by atoms with van der Waals surface area (Å²) in [7, 11) is 0. The Morgan fingerprint density at radius 1 is 0.762 bits per heavy atom. The number of rotatable bonds is 4. The fourth-order valence-electron chi connectivity index (χ4n) is 2.00. The van der Waals surface area contributed by atoms with Gasteiger partial charge in [-0.05, 0) is 24.3 Å². The number of aromatic nitrogens is 1. The predicted octanol–water partition coefficient (Wildman–Crippen LogP) is 3.95. The highest BCUT2D eigenvalue weighted by atomic mass is 15.3. The number of benzene rings is 2. The van der Waals surface area contributed by atoms with Crippen LogP contribution in [0.2, 0.25) is 0 Å². The molecule has 0 saturated heterocycles. The molecular weight excluding hydrogens is 258 g/mol. The van der Waals surface area contributed by atoms with Crippen LogP contribution in [0.25, 0.3) is 0 Å². The second kappa shape index (κ2) is 6.48. The molecule has 0 atom stereocenters. The van der Waals surface area contributed by atoms with Crippen molar-refractivity contribution in [3.63, 3.8) is 0 Å². The maximum absolute atomic E-state index is 4.54. The SMILES string of the molecule is c1ccc(N/N=C(/c2ccccc2)c2ccccn2)cc1. The van der Waals surface area contributed by atoms with Crippen LogP contribution < -0.4 is 5.43 Å². The zero-order valence-corrected chi connectivity index (χ0v) is 11.5. The zero-order valence-electron chi connectivity index (χ0n) is 11.5. The molecule has 3 aromatic rings. The van der Waals surface area contributed by atoms with Crippen molar-refractivity contribution < 1.29 is 0 Å². The largest absolute Gasteiger partial charge is 0.278 e. The number of anilines is 1. The molecule has 21 heavy (non-hydrogen) atoms. The molecule has 0 aliphatic heterocycles. The summed E-state index contributed by atoms with van der Waals surface area (Å²) in [6.07, 6.45) is 1.77. The molecule has 1 aromatic heterocycles. The average Bonchev–Trinajstić information content (AvgIpc) is 2.58. The van der Waals surface area contributed by atoms with Gasteiger partial charge in [-0.25, -0.2) is 0 Å². The Morgan fingerprint density at radius 2 is 1.43 bits per heavy atom. The minimum Gasteiger partial charge on any atom is -0.278 e. The topological polar surface area (TPSA) is 37.3 Å². The van der Waals surface area contributed by atoms with Crippen LogP contribution in [0.4, 0.5) is 5.69 Å². The number of para-hydroxylation sites is 1. The van der Waals surface area contributed by atoms with Gasteiger partial charge in [0, 0.05) is 11.8 Å². The van der Waals surface area contributed by atoms with Gasteiger partial charge in [-0.2, -0.15) is 5.10 Å². The normalized spacial score (nSPS) is 11.1. The standard InChI is InChI=1S/C18H15N3/c1-3-9-15(10-4-1)18(17-13-7-8-14-19-17)21-20-16-11-5-2-6-12-16/h1-14,20H/b21-18-. The van der Waals surface area contributed by atoms with Crippen LogP contribution in [0.15, 0.2) is 90.2 Å². The minimum atomic E-state index is 0.819. The van der Waals surface area contributed by atoms with Crippen molar-refractivity contribution in [3.8, 4) is 0 Å². The Hall–Kier alpha value is -2.94. The molecule has 0 amide bonds. The Labute approximate surface area is 124 Å². The lowest BCUT2D eigenvalue weighted by molar-refractivity contribution is 1.25. The molecular formula is C18H15N3. The first-order valence-electron chi connectivity index (χ1n) is 6.79. The summed E-state index contributed by atoms with van der Waals surface area (Å²) in [5.41, 5.74) is 6.72. The van der Waals surface area contributed by atoms with Crippen molar-refractivity contribution in [2.24, 2.45) is 5.10 Å². The van der Waals surface area contributed by atoms with Gasteiger partial charge in [-0.3, -0.25) is 10.4 Å². The lowest BCUT2D eigenvalue weighted by Crippen LogP contribution is -2.08. The molecule has 3 nitrogen and oxygen atoms in total. The van der Waals surface area contributed by atoms with Gasteiger partial charge < -0.3 is 0 Å². The minimum absolute atomic E-state index is 0.819. The van der Waals surface area contributed by atoms with E-state index in [2.05, 4.69) is 15.5 Å². The van der Waals surface area contributed by atoms with E-state index >= 15 is 0 Å². The first-order chi connectivity index (χ1) is 10.4. The lowest BCUT2D eigenvalue weighted by Gasteiger charge is -2.07. The molecule has 0 aliphatic rings. The van der Waals surface area contributed by atoms with Gasteiger partial charge in [0.1, 0.15) is 5.71 Å². The summed E-state index contributed by atoms with van der Waals surface area (Å²) in [6.45, 7) is 0. The Bertz CT molecular complexity index is 666. The molecule has 1 heterocycles. The summed E-state index contributed by atoms with van der Waals surface area (Å²) >= 11 is 0. The maximum Gasteiger partial charge on any atom is 0.116 e. The van der Waals surface area contributed by atoms with E-state index in [0.717, 1.165) is 22.7 Å². The lowest BCUT2D eigenvalue weighted by atomic mass is 10.1. The summed E-state index contributed by atoms with van der Waals surface area (Å²) in [5.74, 6) is 0. The molecule has 3 heteroatoms. The third-order valence-electron chi connectivity index (χ3n) is 3.03. The number of nitrogens with one attached hydrogen (secondary N) is 1. The van der Waals surface area contributed by atoms with Gasteiger partial charge in [0.25, 0.3) is 0 Å². The van der Waals surface area contributed by atoms with Gasteiger partial charge in [0.2, 0.25) is 0 Å². The molecule has 0 unspecified atom stereocenters. The van der Waals surface area contributed by atoms with Crippen LogP contribution in [0.3, 0.4) is 0 Å². The van der Waals surface area contributed by atoms with Crippen molar-refractivity contribution in [2.75, 3.05) is 5.43 Å². The van der Waals surface area contributed by atoms with Gasteiger partial charge in [0.05, 0.1) is 11.4 Å². The number of nitrogens with zero attached hydrogens (tertiary/aromatic N) is 2. The average molecular weight is 273 g/mol. The molecule has 0 radical (unpaired) electrons. The van der Waals surface area contributed by atoms with Crippen LogP contribution in [-0.4, -0.2) is 10.7 Å². The second-order valence-electron chi connectivity index (χ2n) is 4.52. The van der Waals surface area contributed by atoms with E-state index in [9.17, 15) is 0 Å². The fraction of sp³-hybridized carbons (Fsp3) is 0. The summed E-state index contributed by atoms with van der Waals surface area (Å²) in [6, 6.07) is 25.7. The summed E-state index contributed by atoms with van der Waals surface area (Å²) < 4.78 is 0. The Balaban J connectivity index is 1.97. The van der Waals surface area contributed by atoms with Crippen LogP contribution in [0.5, 0.6) is 0 Å². The Kier molecular flexibility index (Phi) is 4.03. The van der Waals surface area contributed by atoms with Crippen LogP contribution in [0.1, 0.15) is 11.3 Å². The number of hydrazone groups is 1. The third kappa shape index (κ3) is 3.34. The second-order valence-corrected chi connectivity index (χ2v) is 4.52. The molecule has 0 fully saturated rings. The Morgan fingerprint density at radius 3 is 2.10 bits per heavy atom. The van der Waals surface area contributed by atoms with E-state index in [1.807, 2.05) is 78.9 Å². The molecule has 0 spiro atoms. The number of hydrogen-bond donors (Lipinski definition) is 1. The quantitative estimate of drug-likeness (QED) is 0.577. The molecule has 102 valence electrons. The summed E-state index contributed by atoms with van der Waals surface area (Å²) in [4.78, 5) is 4.40. The predicted molar refractivity (Wildman–Crippen MR) is 86.4 cm³/mol. The first kappa shape index (κ1) is 13.1. The number of pyridine rings is 1.